The first-order chi connectivity index (χ1) is 12.8. The first kappa shape index (κ1) is 20.8. The lowest BCUT2D eigenvalue weighted by Gasteiger charge is -2.14. The molecule has 7 nitrogen and oxygen atoms in total. The number of ether oxygens (including phenoxy) is 1. The number of benzene rings is 2. The van der Waals surface area contributed by atoms with Crippen LogP contribution in [0, 0.1) is 0 Å². The van der Waals surface area contributed by atoms with Crippen molar-refractivity contribution in [1.29, 1.82) is 0 Å². The Morgan fingerprint density at radius 2 is 1.70 bits per heavy atom. The van der Waals surface area contributed by atoms with E-state index < -0.39 is 22.6 Å². The predicted molar refractivity (Wildman–Crippen MR) is 98.8 cm³/mol. The molecule has 0 bridgehead atoms. The third-order valence-electron chi connectivity index (χ3n) is 3.98. The quantitative estimate of drug-likeness (QED) is 0.390. The molecule has 0 unspecified atom stereocenters. The molecular formula is C19H21NO6S. The van der Waals surface area contributed by atoms with E-state index in [1.807, 2.05) is 19.1 Å². The molecule has 2 aromatic rings. The van der Waals surface area contributed by atoms with Crippen molar-refractivity contribution in [3.63, 3.8) is 0 Å². The Kier molecular flexibility index (Phi) is 6.84. The summed E-state index contributed by atoms with van der Waals surface area (Å²) in [7, 11) is -1.43. The Hall–Kier alpha value is -2.55. The lowest BCUT2D eigenvalue weighted by atomic mass is 10.1. The van der Waals surface area contributed by atoms with Gasteiger partial charge in [-0.1, -0.05) is 41.7 Å². The van der Waals surface area contributed by atoms with Gasteiger partial charge >= 0.3 is 5.97 Å². The molecule has 144 valence electrons. The summed E-state index contributed by atoms with van der Waals surface area (Å²) >= 11 is 0. The Labute approximate surface area is 158 Å². The summed E-state index contributed by atoms with van der Waals surface area (Å²) in [5.74, 6) is -1.13. The number of esters is 1. The first-order valence-electron chi connectivity index (χ1n) is 8.22. The average molecular weight is 391 g/mol. The van der Waals surface area contributed by atoms with Gasteiger partial charge < -0.3 is 4.74 Å². The van der Waals surface area contributed by atoms with Gasteiger partial charge in [0.15, 0.2) is 12.4 Å². The van der Waals surface area contributed by atoms with Crippen LogP contribution in [-0.2, 0) is 26.0 Å². The molecule has 0 atom stereocenters. The maximum absolute atomic E-state index is 12.2. The van der Waals surface area contributed by atoms with Gasteiger partial charge in [-0.15, -0.1) is 0 Å². The number of nitrogens with zero attached hydrogens (tertiary/aromatic N) is 1. The van der Waals surface area contributed by atoms with Crippen molar-refractivity contribution in [3.8, 4) is 0 Å². The van der Waals surface area contributed by atoms with Crippen molar-refractivity contribution in [2.45, 2.75) is 18.2 Å². The van der Waals surface area contributed by atoms with Crippen LogP contribution in [-0.4, -0.2) is 45.4 Å². The molecular weight excluding hydrogens is 370 g/mol. The molecule has 27 heavy (non-hydrogen) atoms. The van der Waals surface area contributed by atoms with E-state index in [9.17, 15) is 18.0 Å². The molecule has 0 fully saturated rings. The van der Waals surface area contributed by atoms with Crippen LogP contribution < -0.4 is 0 Å². The van der Waals surface area contributed by atoms with Crippen LogP contribution >= 0.6 is 0 Å². The van der Waals surface area contributed by atoms with Gasteiger partial charge in [0.1, 0.15) is 0 Å². The first-order valence-corrected chi connectivity index (χ1v) is 9.66. The van der Waals surface area contributed by atoms with Gasteiger partial charge in [0.2, 0.25) is 0 Å². The molecule has 0 aromatic heterocycles. The number of aryl methyl sites for hydroxylation is 1. The molecule has 0 aliphatic carbocycles. The van der Waals surface area contributed by atoms with Crippen LogP contribution in [0.15, 0.2) is 53.4 Å². The summed E-state index contributed by atoms with van der Waals surface area (Å²) in [6.45, 7) is 1.58. The lowest BCUT2D eigenvalue weighted by molar-refractivity contribution is -0.0258. The molecule has 0 amide bonds. The van der Waals surface area contributed by atoms with Crippen LogP contribution in [0.4, 0.5) is 0 Å². The predicted octanol–water partition coefficient (Wildman–Crippen LogP) is 2.47. The fraction of sp³-hybridized carbons (Fsp3) is 0.263. The number of Topliss-reactive ketones (excluding diaryl/α,β-unsaturated/α-hetero) is 1. The standard InChI is InChI=1S/C19H21NO6S/c1-4-14-8-10-15(11-9-14)18(21)13-26-19(22)16-6-5-7-17(12-16)27(23,24)20(2)25-3/h5-12H,4,13H2,1-3H3. The lowest BCUT2D eigenvalue weighted by Crippen LogP contribution is -2.26. The molecule has 8 heteroatoms. The van der Waals surface area contributed by atoms with Crippen molar-refractivity contribution >= 4 is 21.8 Å². The monoisotopic (exact) mass is 391 g/mol. The van der Waals surface area contributed by atoms with Crippen LogP contribution in [0.5, 0.6) is 0 Å². The Morgan fingerprint density at radius 1 is 1.04 bits per heavy atom. The van der Waals surface area contributed by atoms with Crippen LogP contribution in [0.25, 0.3) is 0 Å². The minimum absolute atomic E-state index is 0.0229. The second-order valence-electron chi connectivity index (χ2n) is 5.67. The smallest absolute Gasteiger partial charge is 0.338 e. The number of hydrogen-bond acceptors (Lipinski definition) is 6. The molecule has 0 radical (unpaired) electrons. The van der Waals surface area contributed by atoms with Crippen molar-refractivity contribution in [1.82, 2.24) is 4.47 Å². The highest BCUT2D eigenvalue weighted by molar-refractivity contribution is 7.89. The van der Waals surface area contributed by atoms with Crippen molar-refractivity contribution < 1.29 is 27.6 Å². The molecule has 0 aliphatic heterocycles. The number of ketones is 1. The molecule has 2 aromatic carbocycles. The molecule has 0 heterocycles. The molecule has 0 N–H and O–H groups in total. The van der Waals surface area contributed by atoms with E-state index in [-0.39, 0.29) is 16.2 Å². The summed E-state index contributed by atoms with van der Waals surface area (Å²) in [6.07, 6.45) is 0.862. The maximum atomic E-state index is 12.2. The van der Waals surface area contributed by atoms with Crippen LogP contribution in [0.2, 0.25) is 0 Å². The van der Waals surface area contributed by atoms with Gasteiger partial charge in [0.05, 0.1) is 17.6 Å². The molecule has 0 saturated heterocycles. The molecule has 2 rings (SSSR count). The van der Waals surface area contributed by atoms with Crippen LogP contribution in [0.1, 0.15) is 33.2 Å². The van der Waals surface area contributed by atoms with Crippen LogP contribution in [0.3, 0.4) is 0 Å². The summed E-state index contributed by atoms with van der Waals surface area (Å²) in [5, 5.41) is 0. The fourth-order valence-electron chi connectivity index (χ4n) is 2.25. The van der Waals surface area contributed by atoms with Gasteiger partial charge in [-0.05, 0) is 30.2 Å². The highest BCUT2D eigenvalue weighted by atomic mass is 32.2. The highest BCUT2D eigenvalue weighted by Gasteiger charge is 2.22. The van der Waals surface area contributed by atoms with E-state index in [0.29, 0.717) is 10.0 Å². The second-order valence-corrected chi connectivity index (χ2v) is 7.61. The zero-order valence-electron chi connectivity index (χ0n) is 15.3. The minimum atomic E-state index is -3.89. The molecule has 0 spiro atoms. The van der Waals surface area contributed by atoms with Crippen molar-refractivity contribution in [2.24, 2.45) is 0 Å². The van der Waals surface area contributed by atoms with Gasteiger partial charge in [-0.3, -0.25) is 9.63 Å². The number of hydrogen-bond donors (Lipinski definition) is 0. The third-order valence-corrected chi connectivity index (χ3v) is 5.66. The Bertz CT molecular complexity index is 921. The number of rotatable bonds is 8. The number of carbonyl (C=O) groups excluding carboxylic acids is 2. The number of carbonyl (C=O) groups is 2. The van der Waals surface area contributed by atoms with E-state index >= 15 is 0 Å². The SMILES string of the molecule is CCc1ccc(C(=O)COC(=O)c2cccc(S(=O)(=O)N(C)OC)c2)cc1. The van der Waals surface area contributed by atoms with Gasteiger partial charge in [0, 0.05) is 12.6 Å². The van der Waals surface area contributed by atoms with E-state index in [1.54, 1.807) is 12.1 Å². The van der Waals surface area contributed by atoms with E-state index in [4.69, 9.17) is 9.57 Å². The average Bonchev–Trinajstić information content (AvgIpc) is 2.71. The number of hydroxylamine groups is 1. The van der Waals surface area contributed by atoms with E-state index in [0.717, 1.165) is 12.0 Å². The normalized spacial score (nSPS) is 11.4. The van der Waals surface area contributed by atoms with E-state index in [2.05, 4.69) is 0 Å². The zero-order valence-corrected chi connectivity index (χ0v) is 16.2. The largest absolute Gasteiger partial charge is 0.454 e. The van der Waals surface area contributed by atoms with Gasteiger partial charge in [-0.2, -0.15) is 0 Å². The van der Waals surface area contributed by atoms with Crippen molar-refractivity contribution in [2.75, 3.05) is 20.8 Å². The summed E-state index contributed by atoms with van der Waals surface area (Å²) in [6, 6.07) is 12.4. The second kappa shape index (κ2) is 8.90. The molecule has 0 saturated carbocycles. The van der Waals surface area contributed by atoms with Gasteiger partial charge in [0.25, 0.3) is 10.0 Å². The Morgan fingerprint density at radius 3 is 2.30 bits per heavy atom. The summed E-state index contributed by atoms with van der Waals surface area (Å²) < 4.78 is 30.2. The third kappa shape index (κ3) is 5.00. The fourth-order valence-corrected chi connectivity index (χ4v) is 3.27. The van der Waals surface area contributed by atoms with Crippen molar-refractivity contribution in [3.05, 3.63) is 65.2 Å². The van der Waals surface area contributed by atoms with E-state index in [1.165, 1.54) is 38.4 Å². The Balaban J connectivity index is 2.07. The summed E-state index contributed by atoms with van der Waals surface area (Å²) in [5.41, 5.74) is 1.57. The molecule has 0 aliphatic rings. The number of sulfonamides is 1. The topological polar surface area (TPSA) is 90.0 Å². The maximum Gasteiger partial charge on any atom is 0.338 e. The highest BCUT2D eigenvalue weighted by Crippen LogP contribution is 2.17. The minimum Gasteiger partial charge on any atom is -0.454 e. The summed E-state index contributed by atoms with van der Waals surface area (Å²) in [4.78, 5) is 28.9. The van der Waals surface area contributed by atoms with Gasteiger partial charge in [-0.25, -0.2) is 13.2 Å². The zero-order chi connectivity index (χ0) is 20.0.